The lowest BCUT2D eigenvalue weighted by Crippen LogP contribution is -2.41. The van der Waals surface area contributed by atoms with Gasteiger partial charge in [0.15, 0.2) is 0 Å². The van der Waals surface area contributed by atoms with E-state index < -0.39 is 11.9 Å². The quantitative estimate of drug-likeness (QED) is 0.538. The minimum atomic E-state index is -0.855. The van der Waals surface area contributed by atoms with Crippen LogP contribution in [0.5, 0.6) is 0 Å². The van der Waals surface area contributed by atoms with Gasteiger partial charge in [0.2, 0.25) is 0 Å². The first kappa shape index (κ1) is 10.9. The van der Waals surface area contributed by atoms with Crippen LogP contribution in [0.2, 0.25) is 0 Å². The Labute approximate surface area is 82.0 Å². The number of carbonyl (C=O) groups is 2. The Morgan fingerprint density at radius 1 is 1.43 bits per heavy atom. The summed E-state index contributed by atoms with van der Waals surface area (Å²) in [7, 11) is 0. The van der Waals surface area contributed by atoms with Crippen LogP contribution >= 0.6 is 0 Å². The van der Waals surface area contributed by atoms with Gasteiger partial charge in [-0.25, -0.2) is 4.79 Å². The first-order valence-corrected chi connectivity index (χ1v) is 4.52. The van der Waals surface area contributed by atoms with E-state index in [0.29, 0.717) is 12.5 Å². The van der Waals surface area contributed by atoms with Gasteiger partial charge >= 0.3 is 6.03 Å². The highest BCUT2D eigenvalue weighted by atomic mass is 16.5. The molecular formula is C8H15N3O3. The molecule has 0 aliphatic heterocycles. The lowest BCUT2D eigenvalue weighted by Gasteiger charge is -2.33. The summed E-state index contributed by atoms with van der Waals surface area (Å²) in [6.45, 7) is 0.540. The second-order valence-corrected chi connectivity index (χ2v) is 3.42. The fraction of sp³-hybridized carbons (Fsp3) is 0.750. The molecule has 0 saturated heterocycles. The van der Waals surface area contributed by atoms with Crippen molar-refractivity contribution in [2.45, 2.75) is 18.9 Å². The minimum Gasteiger partial charge on any atom is -0.368 e. The summed E-state index contributed by atoms with van der Waals surface area (Å²) >= 11 is 0. The molecule has 0 aromatic heterocycles. The molecule has 0 unspecified atom stereocenters. The molecule has 0 atom stereocenters. The second kappa shape index (κ2) is 4.92. The Kier molecular flexibility index (Phi) is 3.84. The summed E-state index contributed by atoms with van der Waals surface area (Å²) in [5.74, 6) is 0.00731. The molecule has 1 saturated carbocycles. The molecule has 3 amide bonds. The lowest BCUT2D eigenvalue weighted by atomic mass is 9.82. The zero-order valence-corrected chi connectivity index (χ0v) is 7.86. The van der Waals surface area contributed by atoms with E-state index in [-0.39, 0.29) is 12.7 Å². The highest BCUT2D eigenvalue weighted by Gasteiger charge is 2.28. The second-order valence-electron chi connectivity index (χ2n) is 3.42. The average Bonchev–Trinajstić information content (AvgIpc) is 2.00. The third-order valence-electron chi connectivity index (χ3n) is 2.24. The van der Waals surface area contributed by atoms with Gasteiger partial charge in [0.25, 0.3) is 5.91 Å². The van der Waals surface area contributed by atoms with Crippen LogP contribution in [0.25, 0.3) is 0 Å². The summed E-state index contributed by atoms with van der Waals surface area (Å²) in [5, 5.41) is 1.92. The Morgan fingerprint density at radius 2 is 2.07 bits per heavy atom. The zero-order valence-electron chi connectivity index (χ0n) is 7.86. The Balaban J connectivity index is 2.04. The number of hydrogen-bond donors (Lipinski definition) is 3. The molecule has 0 spiro atoms. The standard InChI is InChI=1S/C8H15N3O3/c9-3-5-1-6(2-5)14-4-7(12)11-8(10)13/h5-6H,1-4,9H2,(H3,10,11,12,13). The molecule has 0 radical (unpaired) electrons. The monoisotopic (exact) mass is 201 g/mol. The van der Waals surface area contributed by atoms with Crippen molar-refractivity contribution in [2.24, 2.45) is 17.4 Å². The van der Waals surface area contributed by atoms with Crippen molar-refractivity contribution in [3.8, 4) is 0 Å². The number of imide groups is 1. The van der Waals surface area contributed by atoms with Gasteiger partial charge in [-0.3, -0.25) is 10.1 Å². The summed E-state index contributed by atoms with van der Waals surface area (Å²) in [6, 6.07) is -0.855. The van der Waals surface area contributed by atoms with E-state index in [1.807, 2.05) is 5.32 Å². The zero-order chi connectivity index (χ0) is 10.6. The highest BCUT2D eigenvalue weighted by Crippen LogP contribution is 2.28. The molecule has 0 aromatic rings. The molecule has 6 heteroatoms. The SMILES string of the molecule is NCC1CC(OCC(=O)NC(N)=O)C1. The van der Waals surface area contributed by atoms with Gasteiger partial charge in [0, 0.05) is 0 Å². The number of ether oxygens (including phenoxy) is 1. The van der Waals surface area contributed by atoms with Crippen molar-refractivity contribution in [1.82, 2.24) is 5.32 Å². The lowest BCUT2D eigenvalue weighted by molar-refractivity contribution is -0.129. The number of amides is 3. The average molecular weight is 201 g/mol. The third-order valence-corrected chi connectivity index (χ3v) is 2.24. The summed E-state index contributed by atoms with van der Waals surface area (Å²) in [6.07, 6.45) is 1.88. The number of hydrogen-bond acceptors (Lipinski definition) is 4. The highest BCUT2D eigenvalue weighted by molar-refractivity contribution is 5.94. The van der Waals surface area contributed by atoms with Gasteiger partial charge < -0.3 is 16.2 Å². The molecule has 1 aliphatic rings. The van der Waals surface area contributed by atoms with E-state index in [0.717, 1.165) is 12.8 Å². The van der Waals surface area contributed by atoms with Crippen LogP contribution in [0.15, 0.2) is 0 Å². The van der Waals surface area contributed by atoms with Crippen LogP contribution in [-0.2, 0) is 9.53 Å². The topological polar surface area (TPSA) is 107 Å². The van der Waals surface area contributed by atoms with Crippen molar-refractivity contribution in [3.05, 3.63) is 0 Å². The van der Waals surface area contributed by atoms with Crippen molar-refractivity contribution < 1.29 is 14.3 Å². The molecule has 0 aromatic carbocycles. The number of nitrogens with two attached hydrogens (primary N) is 2. The van der Waals surface area contributed by atoms with Crippen LogP contribution < -0.4 is 16.8 Å². The van der Waals surface area contributed by atoms with Gasteiger partial charge in [0.05, 0.1) is 6.10 Å². The predicted molar refractivity (Wildman–Crippen MR) is 49.2 cm³/mol. The predicted octanol–water partition coefficient (Wildman–Crippen LogP) is -1.06. The number of rotatable bonds is 4. The van der Waals surface area contributed by atoms with Crippen molar-refractivity contribution >= 4 is 11.9 Å². The van der Waals surface area contributed by atoms with E-state index in [2.05, 4.69) is 0 Å². The fourth-order valence-corrected chi connectivity index (χ4v) is 1.37. The first-order valence-electron chi connectivity index (χ1n) is 4.52. The van der Waals surface area contributed by atoms with Crippen LogP contribution in [0.1, 0.15) is 12.8 Å². The van der Waals surface area contributed by atoms with E-state index >= 15 is 0 Å². The molecule has 1 fully saturated rings. The van der Waals surface area contributed by atoms with Crippen LogP contribution in [0.3, 0.4) is 0 Å². The maximum atomic E-state index is 10.9. The van der Waals surface area contributed by atoms with Crippen LogP contribution in [0.4, 0.5) is 4.79 Å². The van der Waals surface area contributed by atoms with Crippen LogP contribution in [0, 0.1) is 5.92 Å². The Hall–Kier alpha value is -1.14. The molecule has 1 aliphatic carbocycles. The van der Waals surface area contributed by atoms with E-state index in [1.54, 1.807) is 0 Å². The Morgan fingerprint density at radius 3 is 2.57 bits per heavy atom. The molecule has 6 nitrogen and oxygen atoms in total. The molecule has 0 heterocycles. The van der Waals surface area contributed by atoms with Crippen LogP contribution in [-0.4, -0.2) is 31.2 Å². The summed E-state index contributed by atoms with van der Waals surface area (Å²) in [4.78, 5) is 21.1. The van der Waals surface area contributed by atoms with E-state index in [4.69, 9.17) is 16.2 Å². The number of primary amides is 1. The minimum absolute atomic E-state index is 0.0992. The maximum absolute atomic E-state index is 10.9. The van der Waals surface area contributed by atoms with Gasteiger partial charge in [-0.2, -0.15) is 0 Å². The van der Waals surface area contributed by atoms with Gasteiger partial charge in [0.1, 0.15) is 6.61 Å². The number of carbonyl (C=O) groups excluding carboxylic acids is 2. The molecule has 80 valence electrons. The molecule has 5 N–H and O–H groups in total. The normalized spacial score (nSPS) is 25.2. The van der Waals surface area contributed by atoms with Gasteiger partial charge in [-0.05, 0) is 25.3 Å². The van der Waals surface area contributed by atoms with Crippen molar-refractivity contribution in [2.75, 3.05) is 13.2 Å². The fourth-order valence-electron chi connectivity index (χ4n) is 1.37. The molecule has 1 rings (SSSR count). The van der Waals surface area contributed by atoms with Gasteiger partial charge in [-0.1, -0.05) is 0 Å². The van der Waals surface area contributed by atoms with E-state index in [9.17, 15) is 9.59 Å². The van der Waals surface area contributed by atoms with E-state index in [1.165, 1.54) is 0 Å². The number of urea groups is 1. The molecular weight excluding hydrogens is 186 g/mol. The molecule has 0 bridgehead atoms. The smallest absolute Gasteiger partial charge is 0.318 e. The largest absolute Gasteiger partial charge is 0.368 e. The Bertz CT molecular complexity index is 226. The summed E-state index contributed by atoms with van der Waals surface area (Å²) < 4.78 is 5.20. The molecule has 14 heavy (non-hydrogen) atoms. The maximum Gasteiger partial charge on any atom is 0.318 e. The first-order chi connectivity index (χ1) is 6.61. The van der Waals surface area contributed by atoms with Gasteiger partial charge in [-0.15, -0.1) is 0 Å². The summed E-state index contributed by atoms with van der Waals surface area (Å²) in [5.41, 5.74) is 10.2. The number of nitrogens with one attached hydrogen (secondary N) is 1. The van der Waals surface area contributed by atoms with Crippen molar-refractivity contribution in [3.63, 3.8) is 0 Å². The third kappa shape index (κ3) is 3.31. The van der Waals surface area contributed by atoms with Crippen molar-refractivity contribution in [1.29, 1.82) is 0 Å².